The molecule has 0 bridgehead atoms. The number of hydrogen-bond acceptors (Lipinski definition) is 1. The molecule has 0 spiro atoms. The van der Waals surface area contributed by atoms with Crippen molar-refractivity contribution in [2.24, 2.45) is 0 Å². The summed E-state index contributed by atoms with van der Waals surface area (Å²) in [6.45, 7) is 3.35. The van der Waals surface area contributed by atoms with E-state index in [-0.39, 0.29) is 0 Å². The van der Waals surface area contributed by atoms with Crippen LogP contribution in [-0.4, -0.2) is 12.6 Å². The molecule has 0 aromatic heterocycles. The van der Waals surface area contributed by atoms with Crippen LogP contribution in [0.5, 0.6) is 0 Å². The van der Waals surface area contributed by atoms with E-state index >= 15 is 0 Å². The quantitative estimate of drug-likeness (QED) is 0.606. The highest BCUT2D eigenvalue weighted by Crippen LogP contribution is 2.16. The fourth-order valence-electron chi connectivity index (χ4n) is 3.08. The first kappa shape index (κ1) is 15.8. The van der Waals surface area contributed by atoms with Gasteiger partial charge in [-0.1, -0.05) is 72.8 Å². The molecular weight excluding hydrogens is 278 g/mol. The Balaban J connectivity index is 1.45. The highest BCUT2D eigenvalue weighted by atomic mass is 14.9. The number of benzene rings is 3. The van der Waals surface area contributed by atoms with Gasteiger partial charge in [-0.25, -0.2) is 0 Å². The minimum Gasteiger partial charge on any atom is -0.314 e. The second kappa shape index (κ2) is 7.94. The molecule has 0 saturated heterocycles. The molecule has 0 aliphatic rings. The molecule has 0 heterocycles. The van der Waals surface area contributed by atoms with Crippen LogP contribution in [0, 0.1) is 0 Å². The first-order valence-electron chi connectivity index (χ1n) is 8.56. The first-order chi connectivity index (χ1) is 11.3. The van der Waals surface area contributed by atoms with Gasteiger partial charge in [0.2, 0.25) is 0 Å². The minimum atomic E-state index is 0.506. The lowest BCUT2D eigenvalue weighted by molar-refractivity contribution is 0.534. The lowest BCUT2D eigenvalue weighted by Crippen LogP contribution is -2.29. The van der Waals surface area contributed by atoms with E-state index < -0.39 is 0 Å². The highest BCUT2D eigenvalue weighted by molar-refractivity contribution is 5.82. The van der Waals surface area contributed by atoms with Gasteiger partial charge in [0.15, 0.2) is 0 Å². The van der Waals surface area contributed by atoms with Crippen molar-refractivity contribution in [3.63, 3.8) is 0 Å². The van der Waals surface area contributed by atoms with E-state index in [0.717, 1.165) is 19.4 Å². The Morgan fingerprint density at radius 3 is 2.35 bits per heavy atom. The van der Waals surface area contributed by atoms with E-state index in [9.17, 15) is 0 Å². The lowest BCUT2D eigenvalue weighted by Gasteiger charge is -2.14. The number of aryl methyl sites for hydroxylation is 1. The molecule has 1 heteroatoms. The monoisotopic (exact) mass is 303 g/mol. The van der Waals surface area contributed by atoms with E-state index in [1.54, 1.807) is 0 Å². The van der Waals surface area contributed by atoms with Crippen molar-refractivity contribution in [1.29, 1.82) is 0 Å². The number of rotatable bonds is 7. The Labute approximate surface area is 139 Å². The summed E-state index contributed by atoms with van der Waals surface area (Å²) in [6.07, 6.45) is 3.42. The molecule has 0 amide bonds. The van der Waals surface area contributed by atoms with Crippen molar-refractivity contribution in [3.8, 4) is 0 Å². The molecule has 23 heavy (non-hydrogen) atoms. The van der Waals surface area contributed by atoms with Gasteiger partial charge < -0.3 is 5.32 Å². The fraction of sp³-hybridized carbons (Fsp3) is 0.273. The summed E-state index contributed by atoms with van der Waals surface area (Å²) in [5.41, 5.74) is 2.84. The van der Waals surface area contributed by atoms with Crippen LogP contribution in [0.15, 0.2) is 72.8 Å². The van der Waals surface area contributed by atoms with Gasteiger partial charge in [0, 0.05) is 6.04 Å². The van der Waals surface area contributed by atoms with Crippen molar-refractivity contribution in [2.45, 2.75) is 32.2 Å². The number of nitrogens with one attached hydrogen (secondary N) is 1. The Bertz CT molecular complexity index is 733. The van der Waals surface area contributed by atoms with E-state index in [4.69, 9.17) is 0 Å². The van der Waals surface area contributed by atoms with Crippen LogP contribution in [0.3, 0.4) is 0 Å². The van der Waals surface area contributed by atoms with Crippen molar-refractivity contribution in [1.82, 2.24) is 5.32 Å². The van der Waals surface area contributed by atoms with Gasteiger partial charge in [0.25, 0.3) is 0 Å². The predicted octanol–water partition coefficient (Wildman–Crippen LogP) is 4.99. The average molecular weight is 303 g/mol. The van der Waals surface area contributed by atoms with E-state index in [1.165, 1.54) is 28.3 Å². The Hall–Kier alpha value is -2.12. The molecular formula is C22H25N. The molecule has 0 saturated carbocycles. The summed E-state index contributed by atoms with van der Waals surface area (Å²) in [6, 6.07) is 26.6. The second-order valence-electron chi connectivity index (χ2n) is 6.33. The van der Waals surface area contributed by atoms with Gasteiger partial charge >= 0.3 is 0 Å². The molecule has 0 aliphatic heterocycles. The van der Waals surface area contributed by atoms with Crippen LogP contribution < -0.4 is 5.32 Å². The standard InChI is InChI=1S/C22H25N/c1-18(23-15-7-10-19-8-3-2-4-9-19)16-20-13-14-21-11-5-6-12-22(21)17-20/h2-6,8-9,11-14,17-18,23H,7,10,15-16H2,1H3/t18-/m0/s1. The zero-order valence-electron chi connectivity index (χ0n) is 13.8. The third kappa shape index (κ3) is 4.67. The van der Waals surface area contributed by atoms with Gasteiger partial charge in [-0.3, -0.25) is 0 Å². The third-order valence-corrected chi connectivity index (χ3v) is 4.33. The molecule has 0 fully saturated rings. The van der Waals surface area contributed by atoms with Crippen LogP contribution in [0.1, 0.15) is 24.5 Å². The van der Waals surface area contributed by atoms with E-state index in [2.05, 4.69) is 85.0 Å². The van der Waals surface area contributed by atoms with Gasteiger partial charge in [-0.05, 0) is 54.6 Å². The van der Waals surface area contributed by atoms with E-state index in [1.807, 2.05) is 0 Å². The first-order valence-corrected chi connectivity index (χ1v) is 8.56. The minimum absolute atomic E-state index is 0.506. The summed E-state index contributed by atoms with van der Waals surface area (Å²) >= 11 is 0. The molecule has 3 rings (SSSR count). The smallest absolute Gasteiger partial charge is 0.00791 e. The predicted molar refractivity (Wildman–Crippen MR) is 99.9 cm³/mol. The zero-order valence-corrected chi connectivity index (χ0v) is 13.8. The number of fused-ring (bicyclic) bond motifs is 1. The number of hydrogen-bond donors (Lipinski definition) is 1. The van der Waals surface area contributed by atoms with Crippen LogP contribution in [-0.2, 0) is 12.8 Å². The molecule has 0 radical (unpaired) electrons. The second-order valence-corrected chi connectivity index (χ2v) is 6.33. The SMILES string of the molecule is C[C@@H](Cc1ccc2ccccc2c1)NCCCc1ccccc1. The van der Waals surface area contributed by atoms with Crippen molar-refractivity contribution in [3.05, 3.63) is 83.9 Å². The molecule has 118 valence electrons. The topological polar surface area (TPSA) is 12.0 Å². The maximum absolute atomic E-state index is 3.65. The Kier molecular flexibility index (Phi) is 5.44. The zero-order chi connectivity index (χ0) is 15.9. The molecule has 1 N–H and O–H groups in total. The molecule has 3 aromatic carbocycles. The van der Waals surface area contributed by atoms with Crippen molar-refractivity contribution < 1.29 is 0 Å². The Morgan fingerprint density at radius 2 is 1.52 bits per heavy atom. The fourth-order valence-corrected chi connectivity index (χ4v) is 3.08. The van der Waals surface area contributed by atoms with E-state index in [0.29, 0.717) is 6.04 Å². The normalized spacial score (nSPS) is 12.4. The van der Waals surface area contributed by atoms with Gasteiger partial charge in [-0.2, -0.15) is 0 Å². The van der Waals surface area contributed by atoms with Gasteiger partial charge in [0.05, 0.1) is 0 Å². The maximum atomic E-state index is 3.65. The van der Waals surface area contributed by atoms with Crippen LogP contribution >= 0.6 is 0 Å². The van der Waals surface area contributed by atoms with Crippen molar-refractivity contribution in [2.75, 3.05) is 6.54 Å². The summed E-state index contributed by atoms with van der Waals surface area (Å²) in [5, 5.41) is 6.30. The lowest BCUT2D eigenvalue weighted by atomic mass is 10.0. The van der Waals surface area contributed by atoms with Gasteiger partial charge in [-0.15, -0.1) is 0 Å². The van der Waals surface area contributed by atoms with Crippen molar-refractivity contribution >= 4 is 10.8 Å². The molecule has 0 unspecified atom stereocenters. The molecule has 1 atom stereocenters. The average Bonchev–Trinajstić information content (AvgIpc) is 2.59. The van der Waals surface area contributed by atoms with Crippen LogP contribution in [0.25, 0.3) is 10.8 Å². The summed E-state index contributed by atoms with van der Waals surface area (Å²) in [5.74, 6) is 0. The van der Waals surface area contributed by atoms with Gasteiger partial charge in [0.1, 0.15) is 0 Å². The highest BCUT2D eigenvalue weighted by Gasteiger charge is 2.04. The van der Waals surface area contributed by atoms with Crippen LogP contribution in [0.4, 0.5) is 0 Å². The Morgan fingerprint density at radius 1 is 0.783 bits per heavy atom. The molecule has 3 aromatic rings. The van der Waals surface area contributed by atoms with Crippen LogP contribution in [0.2, 0.25) is 0 Å². The summed E-state index contributed by atoms with van der Waals surface area (Å²) in [4.78, 5) is 0. The summed E-state index contributed by atoms with van der Waals surface area (Å²) in [7, 11) is 0. The largest absolute Gasteiger partial charge is 0.314 e. The molecule has 0 aliphatic carbocycles. The third-order valence-electron chi connectivity index (χ3n) is 4.33. The maximum Gasteiger partial charge on any atom is 0.00791 e. The molecule has 1 nitrogen and oxygen atoms in total. The summed E-state index contributed by atoms with van der Waals surface area (Å²) < 4.78 is 0.